The van der Waals surface area contributed by atoms with Crippen LogP contribution < -0.4 is 15.0 Å². The molecule has 1 atom stereocenters. The number of fused-ring (bicyclic) bond motifs is 2. The molecule has 138 valence electrons. The number of amidine groups is 1. The average Bonchev–Trinajstić information content (AvgIpc) is 2.68. The maximum absolute atomic E-state index is 12.6. The summed E-state index contributed by atoms with van der Waals surface area (Å²) in [6.45, 7) is 6.04. The summed E-state index contributed by atoms with van der Waals surface area (Å²) in [5, 5.41) is 12.3. The third kappa shape index (κ3) is 3.14. The number of ether oxygens (including phenoxy) is 1. The molecule has 0 fully saturated rings. The Hall–Kier alpha value is -3.28. The molecule has 0 bridgehead atoms. The van der Waals surface area contributed by atoms with Crippen molar-refractivity contribution in [1.29, 1.82) is 0 Å². The van der Waals surface area contributed by atoms with E-state index in [4.69, 9.17) is 4.74 Å². The van der Waals surface area contributed by atoms with Crippen LogP contribution in [0.25, 0.3) is 6.08 Å². The number of phenolic OH excluding ortho intramolecular Hbond substituents is 1. The molecular weight excluding hydrogens is 342 g/mol. The van der Waals surface area contributed by atoms with Crippen molar-refractivity contribution >= 4 is 23.5 Å². The first-order valence-electron chi connectivity index (χ1n) is 9.05. The predicted octanol–water partition coefficient (Wildman–Crippen LogP) is 2.92. The molecule has 6 heteroatoms. The molecule has 2 aliphatic heterocycles. The van der Waals surface area contributed by atoms with Crippen LogP contribution in [0, 0.1) is 0 Å². The molecule has 2 aromatic carbocycles. The van der Waals surface area contributed by atoms with Gasteiger partial charge in [0, 0.05) is 36.0 Å². The zero-order valence-corrected chi connectivity index (χ0v) is 15.3. The SMILES string of the molecule is CCN(CC)c1ccc2c(c1)OC1N=C(c3ccc(O)cc3)NC(=O)C1=C2. The molecule has 0 aliphatic carbocycles. The van der Waals surface area contributed by atoms with Gasteiger partial charge in [-0.15, -0.1) is 0 Å². The van der Waals surface area contributed by atoms with Crippen LogP contribution in [0.4, 0.5) is 5.69 Å². The van der Waals surface area contributed by atoms with Crippen molar-refractivity contribution in [3.05, 3.63) is 59.2 Å². The van der Waals surface area contributed by atoms with Crippen molar-refractivity contribution in [2.24, 2.45) is 4.99 Å². The number of hydrogen-bond acceptors (Lipinski definition) is 5. The van der Waals surface area contributed by atoms with Crippen LogP contribution in [0.15, 0.2) is 53.0 Å². The number of carbonyl (C=O) groups excluding carboxylic acids is 1. The maximum atomic E-state index is 12.6. The van der Waals surface area contributed by atoms with Gasteiger partial charge in [0.25, 0.3) is 5.91 Å². The summed E-state index contributed by atoms with van der Waals surface area (Å²) in [4.78, 5) is 19.4. The van der Waals surface area contributed by atoms with E-state index < -0.39 is 6.23 Å². The van der Waals surface area contributed by atoms with Crippen molar-refractivity contribution in [3.8, 4) is 11.5 Å². The van der Waals surface area contributed by atoms with E-state index in [1.165, 1.54) is 0 Å². The largest absolute Gasteiger partial charge is 0.508 e. The molecular formula is C21H21N3O3. The standard InChI is InChI=1S/C21H21N3O3/c1-3-24(4-2)15-8-5-14-11-17-20(26)22-19(13-6-9-16(25)10-7-13)23-21(17)27-18(14)12-15/h5-12,21,25H,3-4H2,1-2H3,(H,22,23,26). The number of anilines is 1. The lowest BCUT2D eigenvalue weighted by Crippen LogP contribution is -2.43. The van der Waals surface area contributed by atoms with Gasteiger partial charge in [-0.05, 0) is 56.3 Å². The number of hydrogen-bond donors (Lipinski definition) is 2. The molecule has 6 nitrogen and oxygen atoms in total. The molecule has 1 unspecified atom stereocenters. The number of rotatable bonds is 4. The molecule has 0 saturated heterocycles. The first-order valence-corrected chi connectivity index (χ1v) is 9.05. The van der Waals surface area contributed by atoms with Gasteiger partial charge >= 0.3 is 0 Å². The van der Waals surface area contributed by atoms with E-state index in [0.717, 1.165) is 30.1 Å². The molecule has 0 spiro atoms. The van der Waals surface area contributed by atoms with Crippen molar-refractivity contribution in [2.45, 2.75) is 20.1 Å². The van der Waals surface area contributed by atoms with Gasteiger partial charge in [0.15, 0.2) is 0 Å². The van der Waals surface area contributed by atoms with E-state index in [0.29, 0.717) is 17.0 Å². The second-order valence-electron chi connectivity index (χ2n) is 6.44. The van der Waals surface area contributed by atoms with Crippen LogP contribution in [-0.4, -0.2) is 36.2 Å². The molecule has 2 aliphatic rings. The van der Waals surface area contributed by atoms with Crippen LogP contribution in [0.1, 0.15) is 25.0 Å². The van der Waals surface area contributed by atoms with Gasteiger partial charge in [-0.2, -0.15) is 0 Å². The van der Waals surface area contributed by atoms with Gasteiger partial charge < -0.3 is 20.1 Å². The molecule has 4 rings (SSSR count). The first kappa shape index (κ1) is 17.1. The quantitative estimate of drug-likeness (QED) is 0.876. The average molecular weight is 363 g/mol. The highest BCUT2D eigenvalue weighted by Crippen LogP contribution is 2.35. The first-order chi connectivity index (χ1) is 13.1. The highest BCUT2D eigenvalue weighted by atomic mass is 16.5. The third-order valence-electron chi connectivity index (χ3n) is 4.82. The number of aromatic hydroxyl groups is 1. The van der Waals surface area contributed by atoms with Crippen molar-refractivity contribution < 1.29 is 14.6 Å². The van der Waals surface area contributed by atoms with E-state index in [-0.39, 0.29) is 11.7 Å². The minimum absolute atomic E-state index is 0.161. The topological polar surface area (TPSA) is 74.2 Å². The summed E-state index contributed by atoms with van der Waals surface area (Å²) < 4.78 is 6.07. The summed E-state index contributed by atoms with van der Waals surface area (Å²) in [6.07, 6.45) is 1.16. The molecule has 2 heterocycles. The number of amides is 1. The molecule has 27 heavy (non-hydrogen) atoms. The number of nitrogens with zero attached hydrogens (tertiary/aromatic N) is 2. The Labute approximate surface area is 157 Å². The minimum atomic E-state index is -0.679. The number of aliphatic imine (C=N–C) groups is 1. The second-order valence-corrected chi connectivity index (χ2v) is 6.44. The molecule has 0 aromatic heterocycles. The normalized spacial score (nSPS) is 17.7. The zero-order chi connectivity index (χ0) is 19.0. The Kier molecular flexibility index (Phi) is 4.32. The van der Waals surface area contributed by atoms with Gasteiger partial charge in [-0.25, -0.2) is 4.99 Å². The van der Waals surface area contributed by atoms with Crippen molar-refractivity contribution in [2.75, 3.05) is 18.0 Å². The molecule has 2 N–H and O–H groups in total. The van der Waals surface area contributed by atoms with Crippen LogP contribution >= 0.6 is 0 Å². The second kappa shape index (κ2) is 6.79. The molecule has 2 aromatic rings. The van der Waals surface area contributed by atoms with E-state index in [2.05, 4.69) is 29.1 Å². The monoisotopic (exact) mass is 363 g/mol. The Morgan fingerprint density at radius 2 is 1.89 bits per heavy atom. The Morgan fingerprint density at radius 1 is 1.15 bits per heavy atom. The van der Waals surface area contributed by atoms with Crippen LogP contribution in [0.5, 0.6) is 11.5 Å². The van der Waals surface area contributed by atoms with E-state index >= 15 is 0 Å². The lowest BCUT2D eigenvalue weighted by atomic mass is 10.0. The van der Waals surface area contributed by atoms with Gasteiger partial charge in [0.2, 0.25) is 6.23 Å². The van der Waals surface area contributed by atoms with Gasteiger partial charge in [0.1, 0.15) is 17.3 Å². The van der Waals surface area contributed by atoms with Crippen LogP contribution in [0.3, 0.4) is 0 Å². The fourth-order valence-corrected chi connectivity index (χ4v) is 3.32. The van der Waals surface area contributed by atoms with Crippen LogP contribution in [-0.2, 0) is 4.79 Å². The van der Waals surface area contributed by atoms with Crippen LogP contribution in [0.2, 0.25) is 0 Å². The lowest BCUT2D eigenvalue weighted by Gasteiger charge is -2.29. The maximum Gasteiger partial charge on any atom is 0.258 e. The third-order valence-corrected chi connectivity index (χ3v) is 4.82. The van der Waals surface area contributed by atoms with Gasteiger partial charge in [0.05, 0.1) is 5.57 Å². The highest BCUT2D eigenvalue weighted by molar-refractivity contribution is 6.16. The number of carbonyl (C=O) groups is 1. The Morgan fingerprint density at radius 3 is 2.59 bits per heavy atom. The van der Waals surface area contributed by atoms with E-state index in [9.17, 15) is 9.90 Å². The van der Waals surface area contributed by atoms with E-state index in [1.807, 2.05) is 24.3 Å². The van der Waals surface area contributed by atoms with Gasteiger partial charge in [-0.3, -0.25) is 4.79 Å². The summed E-state index contributed by atoms with van der Waals surface area (Å²) in [5.41, 5.74) is 3.15. The number of benzene rings is 2. The summed E-state index contributed by atoms with van der Waals surface area (Å²) in [5.74, 6) is 1.09. The van der Waals surface area contributed by atoms with Gasteiger partial charge in [-0.1, -0.05) is 0 Å². The number of phenols is 1. The number of nitrogens with one attached hydrogen (secondary N) is 1. The van der Waals surface area contributed by atoms with Crippen molar-refractivity contribution in [3.63, 3.8) is 0 Å². The highest BCUT2D eigenvalue weighted by Gasteiger charge is 2.32. The minimum Gasteiger partial charge on any atom is -0.508 e. The fraction of sp³-hybridized carbons (Fsp3) is 0.238. The Balaban J connectivity index is 1.69. The summed E-state index contributed by atoms with van der Waals surface area (Å²) >= 11 is 0. The fourth-order valence-electron chi connectivity index (χ4n) is 3.32. The summed E-state index contributed by atoms with van der Waals surface area (Å²) in [7, 11) is 0. The Bertz CT molecular complexity index is 944. The molecule has 0 saturated carbocycles. The summed E-state index contributed by atoms with van der Waals surface area (Å²) in [6, 6.07) is 12.5. The smallest absolute Gasteiger partial charge is 0.258 e. The van der Waals surface area contributed by atoms with E-state index in [1.54, 1.807) is 24.3 Å². The zero-order valence-electron chi connectivity index (χ0n) is 15.3. The predicted molar refractivity (Wildman–Crippen MR) is 105 cm³/mol. The molecule has 1 amide bonds. The van der Waals surface area contributed by atoms with Crippen molar-refractivity contribution in [1.82, 2.24) is 5.32 Å². The molecule has 0 radical (unpaired) electrons. The lowest BCUT2D eigenvalue weighted by molar-refractivity contribution is -0.117.